The second-order valence-electron chi connectivity index (χ2n) is 3.94. The SMILES string of the molecule is COc1ccc2cn(-c3nccc(N)n3)cc2c1. The van der Waals surface area contributed by atoms with Crippen molar-refractivity contribution in [3.8, 4) is 11.7 Å². The van der Waals surface area contributed by atoms with Crippen LogP contribution >= 0.6 is 0 Å². The quantitative estimate of drug-likeness (QED) is 0.744. The number of nitrogen functional groups attached to an aromatic ring is 1. The second kappa shape index (κ2) is 4.03. The molecule has 0 aliphatic heterocycles. The Morgan fingerprint density at radius 3 is 2.78 bits per heavy atom. The van der Waals surface area contributed by atoms with Crippen molar-refractivity contribution < 1.29 is 4.74 Å². The van der Waals surface area contributed by atoms with E-state index in [2.05, 4.69) is 9.97 Å². The number of hydrogen-bond donors (Lipinski definition) is 1. The van der Waals surface area contributed by atoms with E-state index < -0.39 is 0 Å². The van der Waals surface area contributed by atoms with E-state index in [1.54, 1.807) is 19.4 Å². The fourth-order valence-electron chi connectivity index (χ4n) is 1.85. The van der Waals surface area contributed by atoms with E-state index in [-0.39, 0.29) is 0 Å². The standard InChI is InChI=1S/C13H12N4O/c1-18-11-3-2-9-7-17(8-10(9)6-11)13-15-5-4-12(14)16-13/h2-8H,1H3,(H2,14,15,16). The fraction of sp³-hybridized carbons (Fsp3) is 0.0769. The molecule has 0 spiro atoms. The van der Waals surface area contributed by atoms with E-state index in [0.717, 1.165) is 16.5 Å². The molecule has 3 aromatic rings. The van der Waals surface area contributed by atoms with Gasteiger partial charge in [-0.25, -0.2) is 4.98 Å². The predicted octanol–water partition coefficient (Wildman–Crippen LogP) is 2.01. The van der Waals surface area contributed by atoms with Gasteiger partial charge in [0.1, 0.15) is 11.6 Å². The molecule has 0 saturated heterocycles. The lowest BCUT2D eigenvalue weighted by molar-refractivity contribution is 0.415. The average Bonchev–Trinajstić information content (AvgIpc) is 2.81. The minimum absolute atomic E-state index is 0.454. The van der Waals surface area contributed by atoms with Crippen LogP contribution in [0.1, 0.15) is 0 Å². The van der Waals surface area contributed by atoms with Crippen LogP contribution in [0.25, 0.3) is 16.7 Å². The smallest absolute Gasteiger partial charge is 0.235 e. The van der Waals surface area contributed by atoms with Crippen LogP contribution in [0.4, 0.5) is 5.82 Å². The Balaban J connectivity index is 2.13. The first-order valence-corrected chi connectivity index (χ1v) is 5.51. The molecule has 5 heteroatoms. The number of nitrogens with zero attached hydrogens (tertiary/aromatic N) is 3. The number of hydrogen-bond acceptors (Lipinski definition) is 4. The van der Waals surface area contributed by atoms with Crippen molar-refractivity contribution in [1.29, 1.82) is 0 Å². The molecule has 5 nitrogen and oxygen atoms in total. The summed E-state index contributed by atoms with van der Waals surface area (Å²) in [6.45, 7) is 0. The third kappa shape index (κ3) is 1.75. The average molecular weight is 240 g/mol. The zero-order valence-electron chi connectivity index (χ0n) is 9.87. The summed E-state index contributed by atoms with van der Waals surface area (Å²) in [5.41, 5.74) is 5.65. The van der Waals surface area contributed by atoms with Crippen LogP contribution in [0.2, 0.25) is 0 Å². The van der Waals surface area contributed by atoms with Gasteiger partial charge in [-0.05, 0) is 24.3 Å². The van der Waals surface area contributed by atoms with Gasteiger partial charge in [-0.3, -0.25) is 4.57 Å². The monoisotopic (exact) mass is 240 g/mol. The highest BCUT2D eigenvalue weighted by Crippen LogP contribution is 2.22. The summed E-state index contributed by atoms with van der Waals surface area (Å²) < 4.78 is 7.04. The lowest BCUT2D eigenvalue weighted by Gasteiger charge is -1.99. The molecule has 0 aliphatic carbocycles. The van der Waals surface area contributed by atoms with Crippen LogP contribution in [-0.4, -0.2) is 21.6 Å². The summed E-state index contributed by atoms with van der Waals surface area (Å²) in [7, 11) is 1.65. The molecule has 0 radical (unpaired) electrons. The molecular weight excluding hydrogens is 228 g/mol. The summed E-state index contributed by atoms with van der Waals surface area (Å²) in [6, 6.07) is 7.55. The lowest BCUT2D eigenvalue weighted by atomic mass is 10.2. The van der Waals surface area contributed by atoms with E-state index in [4.69, 9.17) is 10.5 Å². The van der Waals surface area contributed by atoms with Gasteiger partial charge < -0.3 is 10.5 Å². The first-order valence-electron chi connectivity index (χ1n) is 5.51. The van der Waals surface area contributed by atoms with Crippen LogP contribution in [-0.2, 0) is 0 Å². The molecule has 2 aromatic heterocycles. The number of ether oxygens (including phenoxy) is 1. The molecule has 0 aliphatic rings. The van der Waals surface area contributed by atoms with Crippen molar-refractivity contribution in [2.24, 2.45) is 0 Å². The summed E-state index contributed by atoms with van der Waals surface area (Å²) in [5, 5.41) is 2.17. The van der Waals surface area contributed by atoms with Gasteiger partial charge in [-0.15, -0.1) is 0 Å². The van der Waals surface area contributed by atoms with Crippen molar-refractivity contribution in [3.63, 3.8) is 0 Å². The van der Waals surface area contributed by atoms with Crippen LogP contribution in [0.5, 0.6) is 5.75 Å². The molecule has 0 bridgehead atoms. The highest BCUT2D eigenvalue weighted by atomic mass is 16.5. The maximum Gasteiger partial charge on any atom is 0.235 e. The maximum atomic E-state index is 5.65. The van der Waals surface area contributed by atoms with Crippen LogP contribution in [0.3, 0.4) is 0 Å². The minimum atomic E-state index is 0.454. The van der Waals surface area contributed by atoms with E-state index >= 15 is 0 Å². The molecule has 2 N–H and O–H groups in total. The van der Waals surface area contributed by atoms with Crippen molar-refractivity contribution in [1.82, 2.24) is 14.5 Å². The molecule has 18 heavy (non-hydrogen) atoms. The second-order valence-corrected chi connectivity index (χ2v) is 3.94. The van der Waals surface area contributed by atoms with E-state index in [1.165, 1.54) is 0 Å². The number of aromatic nitrogens is 3. The normalized spacial score (nSPS) is 10.7. The maximum absolute atomic E-state index is 5.65. The first-order chi connectivity index (χ1) is 8.76. The molecule has 0 amide bonds. The minimum Gasteiger partial charge on any atom is -0.497 e. The van der Waals surface area contributed by atoms with E-state index in [0.29, 0.717) is 11.8 Å². The van der Waals surface area contributed by atoms with Gasteiger partial charge >= 0.3 is 0 Å². The molecule has 90 valence electrons. The topological polar surface area (TPSA) is 66.0 Å². The molecule has 2 heterocycles. The largest absolute Gasteiger partial charge is 0.497 e. The van der Waals surface area contributed by atoms with Crippen LogP contribution in [0, 0.1) is 0 Å². The highest BCUT2D eigenvalue weighted by molar-refractivity contribution is 5.84. The summed E-state index contributed by atoms with van der Waals surface area (Å²) >= 11 is 0. The third-order valence-corrected chi connectivity index (χ3v) is 2.75. The van der Waals surface area contributed by atoms with Crippen LogP contribution in [0.15, 0.2) is 42.9 Å². The third-order valence-electron chi connectivity index (χ3n) is 2.75. The number of nitrogens with two attached hydrogens (primary N) is 1. The Kier molecular flexibility index (Phi) is 2.37. The summed E-state index contributed by atoms with van der Waals surface area (Å²) in [5.74, 6) is 1.84. The van der Waals surface area contributed by atoms with Crippen molar-refractivity contribution in [2.75, 3.05) is 12.8 Å². The van der Waals surface area contributed by atoms with Gasteiger partial charge in [0.15, 0.2) is 0 Å². The summed E-state index contributed by atoms with van der Waals surface area (Å²) in [6.07, 6.45) is 5.55. The first kappa shape index (κ1) is 10.6. The number of fused-ring (bicyclic) bond motifs is 1. The van der Waals surface area contributed by atoms with Gasteiger partial charge in [0.25, 0.3) is 0 Å². The number of benzene rings is 1. The Bertz CT molecular complexity index is 705. The van der Waals surface area contributed by atoms with Crippen molar-refractivity contribution in [3.05, 3.63) is 42.9 Å². The van der Waals surface area contributed by atoms with Gasteiger partial charge in [0.05, 0.1) is 7.11 Å². The molecule has 0 unspecified atom stereocenters. The fourth-order valence-corrected chi connectivity index (χ4v) is 1.85. The highest BCUT2D eigenvalue weighted by Gasteiger charge is 2.04. The number of anilines is 1. The van der Waals surface area contributed by atoms with Gasteiger partial charge in [-0.1, -0.05) is 0 Å². The summed E-state index contributed by atoms with van der Waals surface area (Å²) in [4.78, 5) is 8.37. The Hall–Kier alpha value is -2.56. The zero-order chi connectivity index (χ0) is 12.5. The van der Waals surface area contributed by atoms with Gasteiger partial charge in [0, 0.05) is 29.4 Å². The molecule has 0 saturated carbocycles. The van der Waals surface area contributed by atoms with E-state index in [1.807, 2.05) is 35.2 Å². The Labute approximate surface area is 104 Å². The van der Waals surface area contributed by atoms with E-state index in [9.17, 15) is 0 Å². The number of methoxy groups -OCH3 is 1. The molecule has 0 fully saturated rings. The van der Waals surface area contributed by atoms with Crippen molar-refractivity contribution >= 4 is 16.6 Å². The molecule has 3 rings (SSSR count). The lowest BCUT2D eigenvalue weighted by Crippen LogP contribution is -2.00. The number of rotatable bonds is 2. The zero-order valence-corrected chi connectivity index (χ0v) is 9.87. The van der Waals surface area contributed by atoms with Crippen molar-refractivity contribution in [2.45, 2.75) is 0 Å². The molecular formula is C13H12N4O. The Morgan fingerprint density at radius 1 is 1.17 bits per heavy atom. The Morgan fingerprint density at radius 2 is 2.00 bits per heavy atom. The van der Waals surface area contributed by atoms with Crippen LogP contribution < -0.4 is 10.5 Å². The van der Waals surface area contributed by atoms with Gasteiger partial charge in [0.2, 0.25) is 5.95 Å². The predicted molar refractivity (Wildman–Crippen MR) is 69.8 cm³/mol. The van der Waals surface area contributed by atoms with Gasteiger partial charge in [-0.2, -0.15) is 4.98 Å². The molecule has 1 aromatic carbocycles. The molecule has 0 atom stereocenters.